The molecule has 0 bridgehead atoms. The van der Waals surface area contributed by atoms with Crippen LogP contribution in [-0.2, 0) is 0 Å². The first kappa shape index (κ1) is 15.8. The van der Waals surface area contributed by atoms with Gasteiger partial charge in [-0.1, -0.05) is 42.5 Å². The normalized spacial score (nSPS) is 17.6. The predicted molar refractivity (Wildman–Crippen MR) is 105 cm³/mol. The maximum absolute atomic E-state index is 6.27. The predicted octanol–water partition coefficient (Wildman–Crippen LogP) is 3.48. The lowest BCUT2D eigenvalue weighted by Crippen LogP contribution is -2.16. The molecule has 2 aliphatic rings. The van der Waals surface area contributed by atoms with Gasteiger partial charge in [0.1, 0.15) is 11.9 Å². The number of para-hydroxylation sites is 1. The summed E-state index contributed by atoms with van der Waals surface area (Å²) in [5.74, 6) is 1.37. The molecule has 3 aromatic rings. The molecule has 2 aliphatic heterocycles. The molecule has 0 radical (unpaired) electrons. The van der Waals surface area contributed by atoms with E-state index in [2.05, 4.69) is 42.7 Å². The van der Waals surface area contributed by atoms with Crippen molar-refractivity contribution < 1.29 is 4.74 Å². The fourth-order valence-corrected chi connectivity index (χ4v) is 3.60. The summed E-state index contributed by atoms with van der Waals surface area (Å²) in [5.41, 5.74) is 4.60. The first-order valence-electron chi connectivity index (χ1n) is 8.36. The number of H-pyrrole nitrogens is 1. The van der Waals surface area contributed by atoms with Crippen LogP contribution >= 0.6 is 11.9 Å². The second-order valence-corrected chi connectivity index (χ2v) is 6.64. The molecule has 0 saturated carbocycles. The summed E-state index contributed by atoms with van der Waals surface area (Å²) in [6, 6.07) is 14.0. The third kappa shape index (κ3) is 2.89. The highest BCUT2D eigenvalue weighted by Gasteiger charge is 2.25. The van der Waals surface area contributed by atoms with Gasteiger partial charge in [0.2, 0.25) is 5.82 Å². The number of fused-ring (bicyclic) bond motifs is 1. The Morgan fingerprint density at radius 1 is 1.04 bits per heavy atom. The minimum atomic E-state index is -0.243. The number of aromatic amines is 1. The summed E-state index contributed by atoms with van der Waals surface area (Å²) in [6.45, 7) is 0. The van der Waals surface area contributed by atoms with E-state index in [9.17, 15) is 0 Å². The third-order valence-corrected chi connectivity index (χ3v) is 4.85. The van der Waals surface area contributed by atoms with E-state index in [1.165, 1.54) is 11.9 Å². The van der Waals surface area contributed by atoms with Crippen molar-refractivity contribution in [1.29, 1.82) is 0 Å². The Kier molecular flexibility index (Phi) is 3.95. The van der Waals surface area contributed by atoms with Gasteiger partial charge in [-0.25, -0.2) is 4.83 Å². The molecular formula is C19H14N6OS. The van der Waals surface area contributed by atoms with Gasteiger partial charge in [0, 0.05) is 22.3 Å². The third-order valence-electron chi connectivity index (χ3n) is 4.38. The molecule has 27 heavy (non-hydrogen) atoms. The number of tetrazole rings is 1. The molecule has 1 aromatic heterocycles. The molecule has 0 aliphatic carbocycles. The summed E-state index contributed by atoms with van der Waals surface area (Å²) in [6.07, 6.45) is 5.86. The van der Waals surface area contributed by atoms with Crippen LogP contribution < -0.4 is 9.57 Å². The average molecular weight is 374 g/mol. The van der Waals surface area contributed by atoms with Gasteiger partial charge in [-0.05, 0) is 40.8 Å². The lowest BCUT2D eigenvalue weighted by atomic mass is 9.91. The Bertz CT molecular complexity index is 1070. The standard InChI is InChI=1S/C19H14N6OS/c1-2-7-16-12(4-1)8-9-17(26-16)13-5-3-6-14(19-21-23-24-22-19)18(13)15-10-11-27-25-20-15/h1-11,17,25H,(H,21,22,23,24). The monoisotopic (exact) mass is 374 g/mol. The average Bonchev–Trinajstić information content (AvgIpc) is 3.28. The van der Waals surface area contributed by atoms with Crippen molar-refractivity contribution in [2.45, 2.75) is 6.10 Å². The highest BCUT2D eigenvalue weighted by Crippen LogP contribution is 2.36. The lowest BCUT2D eigenvalue weighted by Gasteiger charge is -2.25. The molecule has 0 amide bonds. The smallest absolute Gasteiger partial charge is 0.205 e. The van der Waals surface area contributed by atoms with Crippen LogP contribution in [0.15, 0.2) is 65.1 Å². The maximum Gasteiger partial charge on any atom is 0.205 e. The van der Waals surface area contributed by atoms with Crippen molar-refractivity contribution >= 4 is 23.7 Å². The maximum atomic E-state index is 6.27. The second kappa shape index (κ2) is 6.73. The molecule has 7 nitrogen and oxygen atoms in total. The van der Waals surface area contributed by atoms with Gasteiger partial charge >= 0.3 is 0 Å². The van der Waals surface area contributed by atoms with Crippen LogP contribution in [0.2, 0.25) is 0 Å². The van der Waals surface area contributed by atoms with Crippen LogP contribution in [0.5, 0.6) is 5.75 Å². The van der Waals surface area contributed by atoms with Crippen LogP contribution in [-0.4, -0.2) is 26.3 Å². The quantitative estimate of drug-likeness (QED) is 0.683. The molecule has 2 N–H and O–H groups in total. The number of allylic oxidation sites excluding steroid dienone is 1. The molecule has 5 rings (SSSR count). The van der Waals surface area contributed by atoms with Crippen LogP contribution in [0.3, 0.4) is 0 Å². The number of rotatable bonds is 3. The molecular weight excluding hydrogens is 360 g/mol. The zero-order valence-electron chi connectivity index (χ0n) is 14.0. The fraction of sp³-hybridized carbons (Fsp3) is 0.0526. The van der Waals surface area contributed by atoms with Crippen LogP contribution in [0.25, 0.3) is 17.5 Å². The van der Waals surface area contributed by atoms with E-state index in [0.29, 0.717) is 5.82 Å². The Hall–Kier alpha value is -3.39. The van der Waals surface area contributed by atoms with Crippen LogP contribution in [0.4, 0.5) is 0 Å². The molecule has 0 saturated heterocycles. The van der Waals surface area contributed by atoms with Crippen molar-refractivity contribution in [2.24, 2.45) is 5.10 Å². The highest BCUT2D eigenvalue weighted by molar-refractivity contribution is 8.00. The van der Waals surface area contributed by atoms with Crippen LogP contribution in [0, 0.1) is 0 Å². The number of ether oxygens (including phenoxy) is 1. The Morgan fingerprint density at radius 3 is 2.85 bits per heavy atom. The van der Waals surface area contributed by atoms with Crippen molar-refractivity contribution in [3.05, 3.63) is 76.7 Å². The number of hydrazone groups is 1. The van der Waals surface area contributed by atoms with E-state index < -0.39 is 0 Å². The number of aromatic nitrogens is 4. The molecule has 1 atom stereocenters. The topological polar surface area (TPSA) is 88.1 Å². The molecule has 132 valence electrons. The highest BCUT2D eigenvalue weighted by atomic mass is 32.2. The number of hydrogen-bond acceptors (Lipinski definition) is 7. The minimum absolute atomic E-state index is 0.243. The van der Waals surface area contributed by atoms with E-state index in [0.717, 1.165) is 33.7 Å². The van der Waals surface area contributed by atoms with Gasteiger partial charge in [0.15, 0.2) is 0 Å². The zero-order valence-corrected chi connectivity index (χ0v) is 14.9. The van der Waals surface area contributed by atoms with Gasteiger partial charge in [0.05, 0.1) is 5.71 Å². The zero-order chi connectivity index (χ0) is 18.1. The van der Waals surface area contributed by atoms with Crippen molar-refractivity contribution in [3.8, 4) is 17.1 Å². The minimum Gasteiger partial charge on any atom is -0.481 e. The summed E-state index contributed by atoms with van der Waals surface area (Å²) < 4.78 is 6.27. The van der Waals surface area contributed by atoms with Crippen molar-refractivity contribution in [3.63, 3.8) is 0 Å². The molecule has 1 unspecified atom stereocenters. The van der Waals surface area contributed by atoms with E-state index in [1.807, 2.05) is 53.9 Å². The van der Waals surface area contributed by atoms with Gasteiger partial charge in [-0.15, -0.1) is 10.2 Å². The van der Waals surface area contributed by atoms with E-state index in [4.69, 9.17) is 4.74 Å². The summed E-state index contributed by atoms with van der Waals surface area (Å²) in [5, 5.41) is 20.9. The van der Waals surface area contributed by atoms with Gasteiger partial charge in [-0.3, -0.25) is 0 Å². The van der Waals surface area contributed by atoms with Crippen molar-refractivity contribution in [1.82, 2.24) is 25.5 Å². The first-order chi connectivity index (χ1) is 13.4. The van der Waals surface area contributed by atoms with Gasteiger partial charge in [0.25, 0.3) is 0 Å². The molecule has 0 fully saturated rings. The lowest BCUT2D eigenvalue weighted by molar-refractivity contribution is 0.251. The molecule has 0 spiro atoms. The van der Waals surface area contributed by atoms with E-state index in [1.54, 1.807) is 0 Å². The summed E-state index contributed by atoms with van der Waals surface area (Å²) in [7, 11) is 0. The fourth-order valence-electron chi connectivity index (χ4n) is 3.20. The largest absolute Gasteiger partial charge is 0.481 e. The molecule has 8 heteroatoms. The Morgan fingerprint density at radius 2 is 2.00 bits per heavy atom. The summed E-state index contributed by atoms with van der Waals surface area (Å²) >= 11 is 1.42. The van der Waals surface area contributed by atoms with Gasteiger partial charge in [-0.2, -0.15) is 10.3 Å². The van der Waals surface area contributed by atoms with Gasteiger partial charge < -0.3 is 4.74 Å². The number of nitrogens with one attached hydrogen (secondary N) is 2. The Balaban J connectivity index is 1.66. The molecule has 2 aromatic carbocycles. The number of benzene rings is 2. The molecule has 3 heterocycles. The SMILES string of the molecule is C1=CC(c2c(-c3nn[nH]n3)cccc2C2C=Cc3ccccc3O2)=NNS1. The van der Waals surface area contributed by atoms with Crippen molar-refractivity contribution in [2.75, 3.05) is 0 Å². The number of nitrogens with zero attached hydrogens (tertiary/aromatic N) is 4. The first-order valence-corrected chi connectivity index (χ1v) is 9.24. The number of hydrogen-bond donors (Lipinski definition) is 2. The van der Waals surface area contributed by atoms with E-state index in [-0.39, 0.29) is 6.10 Å². The second-order valence-electron chi connectivity index (χ2n) is 5.95. The summed E-state index contributed by atoms with van der Waals surface area (Å²) in [4.78, 5) is 2.95. The Labute approximate surface area is 159 Å². The van der Waals surface area contributed by atoms with E-state index >= 15 is 0 Å². The van der Waals surface area contributed by atoms with Crippen LogP contribution in [0.1, 0.15) is 22.8 Å².